The maximum absolute atomic E-state index is 11.1. The van der Waals surface area contributed by atoms with Gasteiger partial charge in [0.2, 0.25) is 5.75 Å². The Morgan fingerprint density at radius 1 is 1.10 bits per heavy atom. The van der Waals surface area contributed by atoms with Crippen molar-refractivity contribution in [3.05, 3.63) is 23.8 Å². The van der Waals surface area contributed by atoms with E-state index < -0.39 is 12.1 Å². The number of carbonyl (C=O) groups excluding carboxylic acids is 1. The number of methoxy groups -OCH3 is 4. The van der Waals surface area contributed by atoms with E-state index in [0.29, 0.717) is 22.8 Å². The zero-order valence-electron chi connectivity index (χ0n) is 11.9. The van der Waals surface area contributed by atoms with Gasteiger partial charge in [-0.25, -0.2) is 4.79 Å². The summed E-state index contributed by atoms with van der Waals surface area (Å²) in [4.78, 5) is 11.1. The SMILES string of the molecule is COC(=O)C(O)/C=C/c1cc(OC)c(OC)c(OC)c1. The van der Waals surface area contributed by atoms with Crippen molar-refractivity contribution in [2.45, 2.75) is 6.10 Å². The van der Waals surface area contributed by atoms with E-state index in [2.05, 4.69) is 4.74 Å². The lowest BCUT2D eigenvalue weighted by atomic mass is 10.1. The number of aliphatic hydroxyl groups excluding tert-OH is 1. The second kappa shape index (κ2) is 7.40. The molecule has 20 heavy (non-hydrogen) atoms. The Balaban J connectivity index is 3.08. The van der Waals surface area contributed by atoms with Crippen molar-refractivity contribution in [2.24, 2.45) is 0 Å². The molecule has 0 aliphatic rings. The summed E-state index contributed by atoms with van der Waals surface area (Å²) in [7, 11) is 5.73. The first-order valence-corrected chi connectivity index (χ1v) is 5.81. The Kier molecular flexibility index (Phi) is 5.86. The number of benzene rings is 1. The highest BCUT2D eigenvalue weighted by Gasteiger charge is 2.13. The van der Waals surface area contributed by atoms with E-state index in [4.69, 9.17) is 14.2 Å². The van der Waals surface area contributed by atoms with Crippen LogP contribution in [0.1, 0.15) is 5.56 Å². The predicted molar refractivity (Wildman–Crippen MR) is 73.2 cm³/mol. The fourth-order valence-corrected chi connectivity index (χ4v) is 1.60. The van der Waals surface area contributed by atoms with Crippen LogP contribution in [0, 0.1) is 0 Å². The molecule has 0 aromatic heterocycles. The highest BCUT2D eigenvalue weighted by atomic mass is 16.5. The highest BCUT2D eigenvalue weighted by molar-refractivity contribution is 5.78. The van der Waals surface area contributed by atoms with Crippen molar-refractivity contribution in [1.82, 2.24) is 0 Å². The van der Waals surface area contributed by atoms with E-state index >= 15 is 0 Å². The largest absolute Gasteiger partial charge is 0.493 e. The second-order valence-electron chi connectivity index (χ2n) is 3.79. The Labute approximate surface area is 117 Å². The standard InChI is InChI=1S/C14H18O6/c1-17-11-7-9(5-6-10(15)14(16)20-4)8-12(18-2)13(11)19-3/h5-8,10,15H,1-4H3/b6-5+. The van der Waals surface area contributed by atoms with Crippen LogP contribution in [0.3, 0.4) is 0 Å². The van der Waals surface area contributed by atoms with Crippen molar-refractivity contribution >= 4 is 12.0 Å². The number of carbonyl (C=O) groups is 1. The molecule has 110 valence electrons. The molecular weight excluding hydrogens is 264 g/mol. The van der Waals surface area contributed by atoms with Crippen LogP contribution in [0.15, 0.2) is 18.2 Å². The van der Waals surface area contributed by atoms with E-state index in [-0.39, 0.29) is 0 Å². The Morgan fingerprint density at radius 2 is 1.65 bits per heavy atom. The third-order valence-electron chi connectivity index (χ3n) is 2.60. The van der Waals surface area contributed by atoms with Crippen LogP contribution in [0.5, 0.6) is 17.2 Å². The van der Waals surface area contributed by atoms with Gasteiger partial charge in [0.15, 0.2) is 17.6 Å². The van der Waals surface area contributed by atoms with Crippen LogP contribution in [-0.4, -0.2) is 45.6 Å². The highest BCUT2D eigenvalue weighted by Crippen LogP contribution is 2.38. The molecule has 1 aromatic carbocycles. The second-order valence-corrected chi connectivity index (χ2v) is 3.79. The first-order chi connectivity index (χ1) is 9.57. The first-order valence-electron chi connectivity index (χ1n) is 5.81. The molecule has 0 saturated carbocycles. The summed E-state index contributed by atoms with van der Waals surface area (Å²) in [6.45, 7) is 0. The zero-order valence-corrected chi connectivity index (χ0v) is 11.9. The van der Waals surface area contributed by atoms with E-state index in [9.17, 15) is 9.90 Å². The lowest BCUT2D eigenvalue weighted by molar-refractivity contribution is -0.147. The van der Waals surface area contributed by atoms with Crippen molar-refractivity contribution in [3.8, 4) is 17.2 Å². The van der Waals surface area contributed by atoms with E-state index in [0.717, 1.165) is 0 Å². The minimum absolute atomic E-state index is 0.473. The molecular formula is C14H18O6. The number of ether oxygens (including phenoxy) is 4. The summed E-state index contributed by atoms with van der Waals surface area (Å²) in [5.41, 5.74) is 0.683. The Morgan fingerprint density at radius 3 is 2.05 bits per heavy atom. The van der Waals surface area contributed by atoms with Gasteiger partial charge in [0, 0.05) is 0 Å². The maximum atomic E-state index is 11.1. The first kappa shape index (κ1) is 15.8. The number of hydrogen-bond donors (Lipinski definition) is 1. The fraction of sp³-hybridized carbons (Fsp3) is 0.357. The van der Waals surface area contributed by atoms with Crippen LogP contribution < -0.4 is 14.2 Å². The molecule has 1 rings (SSSR count). The van der Waals surface area contributed by atoms with Gasteiger partial charge in [-0.3, -0.25) is 0 Å². The van der Waals surface area contributed by atoms with Crippen LogP contribution in [0.25, 0.3) is 6.08 Å². The maximum Gasteiger partial charge on any atom is 0.338 e. The summed E-state index contributed by atoms with van der Waals surface area (Å²) < 4.78 is 20.0. The number of aliphatic hydroxyl groups is 1. The predicted octanol–water partition coefficient (Wildman–Crippen LogP) is 1.26. The van der Waals surface area contributed by atoms with Crippen molar-refractivity contribution < 1.29 is 28.8 Å². The van der Waals surface area contributed by atoms with E-state index in [1.807, 2.05) is 0 Å². The van der Waals surface area contributed by atoms with Gasteiger partial charge in [0.25, 0.3) is 0 Å². The summed E-state index contributed by atoms with van der Waals surface area (Å²) in [6, 6.07) is 3.39. The van der Waals surface area contributed by atoms with Gasteiger partial charge in [-0.1, -0.05) is 6.08 Å². The molecule has 0 spiro atoms. The topological polar surface area (TPSA) is 74.2 Å². The van der Waals surface area contributed by atoms with Crippen LogP contribution in [0.4, 0.5) is 0 Å². The summed E-state index contributed by atoms with van der Waals surface area (Å²) in [5.74, 6) is 0.715. The monoisotopic (exact) mass is 282 g/mol. The normalized spacial score (nSPS) is 12.1. The van der Waals surface area contributed by atoms with E-state index in [1.165, 1.54) is 34.5 Å². The molecule has 1 unspecified atom stereocenters. The van der Waals surface area contributed by atoms with Crippen LogP contribution in [0.2, 0.25) is 0 Å². The minimum Gasteiger partial charge on any atom is -0.493 e. The van der Waals surface area contributed by atoms with Crippen LogP contribution >= 0.6 is 0 Å². The quantitative estimate of drug-likeness (QED) is 0.792. The van der Waals surface area contributed by atoms with Gasteiger partial charge < -0.3 is 24.1 Å². The number of hydrogen-bond acceptors (Lipinski definition) is 6. The average molecular weight is 282 g/mol. The molecule has 0 fully saturated rings. The van der Waals surface area contributed by atoms with Crippen LogP contribution in [-0.2, 0) is 9.53 Å². The van der Waals surface area contributed by atoms with Gasteiger partial charge in [0.1, 0.15) is 0 Å². The minimum atomic E-state index is -1.32. The van der Waals surface area contributed by atoms with Crippen molar-refractivity contribution in [2.75, 3.05) is 28.4 Å². The Bertz CT molecular complexity index is 469. The smallest absolute Gasteiger partial charge is 0.338 e. The fourth-order valence-electron chi connectivity index (χ4n) is 1.60. The number of rotatable bonds is 6. The number of esters is 1. The van der Waals surface area contributed by atoms with Crippen molar-refractivity contribution in [3.63, 3.8) is 0 Å². The zero-order chi connectivity index (χ0) is 15.1. The molecule has 0 saturated heterocycles. The molecule has 0 radical (unpaired) electrons. The third kappa shape index (κ3) is 3.64. The van der Waals surface area contributed by atoms with Gasteiger partial charge >= 0.3 is 5.97 Å². The van der Waals surface area contributed by atoms with Gasteiger partial charge in [-0.2, -0.15) is 0 Å². The summed E-state index contributed by atoms with van der Waals surface area (Å²) in [5, 5.41) is 9.48. The molecule has 0 aliphatic carbocycles. The lowest BCUT2D eigenvalue weighted by Gasteiger charge is -2.13. The molecule has 1 atom stereocenters. The molecule has 0 amide bonds. The molecule has 6 nitrogen and oxygen atoms in total. The van der Waals surface area contributed by atoms with Gasteiger partial charge in [-0.05, 0) is 23.8 Å². The summed E-state index contributed by atoms with van der Waals surface area (Å²) in [6.07, 6.45) is 1.55. The van der Waals surface area contributed by atoms with E-state index in [1.54, 1.807) is 18.2 Å². The van der Waals surface area contributed by atoms with Crippen molar-refractivity contribution in [1.29, 1.82) is 0 Å². The molecule has 0 aliphatic heterocycles. The molecule has 1 N–H and O–H groups in total. The third-order valence-corrected chi connectivity index (χ3v) is 2.60. The molecule has 0 bridgehead atoms. The lowest BCUT2D eigenvalue weighted by Crippen LogP contribution is -2.18. The van der Waals surface area contributed by atoms with Gasteiger partial charge in [-0.15, -0.1) is 0 Å². The molecule has 1 aromatic rings. The summed E-state index contributed by atoms with van der Waals surface area (Å²) >= 11 is 0. The van der Waals surface area contributed by atoms with Gasteiger partial charge in [0.05, 0.1) is 28.4 Å². The molecule has 0 heterocycles. The Hall–Kier alpha value is -2.21. The average Bonchev–Trinajstić information content (AvgIpc) is 2.50. The molecule has 6 heteroatoms.